The topological polar surface area (TPSA) is 15.3 Å². The van der Waals surface area contributed by atoms with Crippen molar-refractivity contribution in [3.8, 4) is 0 Å². The second-order valence-electron chi connectivity index (χ2n) is 4.59. The van der Waals surface area contributed by atoms with E-state index in [1.807, 2.05) is 7.05 Å². The molecule has 92 valence electrons. The molecule has 0 amide bonds. The van der Waals surface area contributed by atoms with Crippen LogP contribution in [0.5, 0.6) is 0 Å². The van der Waals surface area contributed by atoms with Crippen molar-refractivity contribution in [2.24, 2.45) is 5.92 Å². The molecular weight excluding hydrogens is 184 g/mol. The minimum atomic E-state index is 0.569. The molecule has 0 heterocycles. The van der Waals surface area contributed by atoms with Gasteiger partial charge in [-0.15, -0.1) is 0 Å². The third kappa shape index (κ3) is 4.98. The number of likely N-dealkylation sites (N-methyl/N-ethyl adjacent to an activating group) is 2. The molecule has 2 nitrogen and oxygen atoms in total. The van der Waals surface area contributed by atoms with E-state index < -0.39 is 0 Å². The molecule has 0 bridgehead atoms. The highest BCUT2D eigenvalue weighted by Crippen LogP contribution is 2.13. The quantitative estimate of drug-likeness (QED) is 0.668. The molecule has 0 aromatic heterocycles. The molecule has 0 radical (unpaired) electrons. The van der Waals surface area contributed by atoms with E-state index in [0.717, 1.165) is 12.5 Å². The lowest BCUT2D eigenvalue weighted by molar-refractivity contribution is 0.156. The Kier molecular flexibility index (Phi) is 8.07. The van der Waals surface area contributed by atoms with Crippen LogP contribution in [-0.4, -0.2) is 37.1 Å². The first-order valence-electron chi connectivity index (χ1n) is 6.51. The van der Waals surface area contributed by atoms with Crippen LogP contribution in [0.1, 0.15) is 47.5 Å². The maximum Gasteiger partial charge on any atom is 0.0218 e. The van der Waals surface area contributed by atoms with Crippen molar-refractivity contribution in [1.82, 2.24) is 10.2 Å². The van der Waals surface area contributed by atoms with Gasteiger partial charge in [0, 0.05) is 18.6 Å². The van der Waals surface area contributed by atoms with Gasteiger partial charge in [-0.1, -0.05) is 33.6 Å². The third-order valence-corrected chi connectivity index (χ3v) is 3.81. The van der Waals surface area contributed by atoms with Crippen LogP contribution in [0.2, 0.25) is 0 Å². The van der Waals surface area contributed by atoms with Crippen LogP contribution in [0.25, 0.3) is 0 Å². The van der Waals surface area contributed by atoms with E-state index in [2.05, 4.69) is 44.8 Å². The fourth-order valence-electron chi connectivity index (χ4n) is 2.02. The maximum atomic E-state index is 3.35. The first kappa shape index (κ1) is 14.9. The number of hydrogen-bond donors (Lipinski definition) is 1. The van der Waals surface area contributed by atoms with E-state index in [1.165, 1.54) is 19.4 Å². The number of hydrogen-bond acceptors (Lipinski definition) is 2. The van der Waals surface area contributed by atoms with Crippen molar-refractivity contribution in [3.05, 3.63) is 0 Å². The minimum absolute atomic E-state index is 0.569. The molecule has 0 aliphatic heterocycles. The average molecular weight is 214 g/mol. The molecule has 0 saturated carbocycles. The fraction of sp³-hybridized carbons (Fsp3) is 1.00. The van der Waals surface area contributed by atoms with E-state index in [0.29, 0.717) is 12.1 Å². The molecule has 2 atom stereocenters. The van der Waals surface area contributed by atoms with Gasteiger partial charge >= 0.3 is 0 Å². The zero-order chi connectivity index (χ0) is 11.8. The fourth-order valence-corrected chi connectivity index (χ4v) is 2.02. The summed E-state index contributed by atoms with van der Waals surface area (Å²) in [6.07, 6.45) is 2.60. The Morgan fingerprint density at radius 1 is 1.07 bits per heavy atom. The summed E-state index contributed by atoms with van der Waals surface area (Å²) >= 11 is 0. The first-order valence-corrected chi connectivity index (χ1v) is 6.51. The zero-order valence-corrected chi connectivity index (χ0v) is 11.5. The SMILES string of the molecule is CCC(CC)CN(CC)C(C)C(C)NC. The molecule has 0 spiro atoms. The van der Waals surface area contributed by atoms with Crippen LogP contribution in [0.4, 0.5) is 0 Å². The Labute approximate surface area is 96.4 Å². The summed E-state index contributed by atoms with van der Waals surface area (Å²) in [4.78, 5) is 2.60. The third-order valence-electron chi connectivity index (χ3n) is 3.81. The average Bonchev–Trinajstić information content (AvgIpc) is 2.29. The van der Waals surface area contributed by atoms with Crippen LogP contribution >= 0.6 is 0 Å². The summed E-state index contributed by atoms with van der Waals surface area (Å²) in [6.45, 7) is 13.9. The molecule has 1 N–H and O–H groups in total. The number of nitrogens with zero attached hydrogens (tertiary/aromatic N) is 1. The van der Waals surface area contributed by atoms with Crippen LogP contribution in [0.15, 0.2) is 0 Å². The van der Waals surface area contributed by atoms with Crippen molar-refractivity contribution in [1.29, 1.82) is 0 Å². The lowest BCUT2D eigenvalue weighted by Crippen LogP contribution is -2.47. The summed E-state index contributed by atoms with van der Waals surface area (Å²) in [5.74, 6) is 0.858. The van der Waals surface area contributed by atoms with E-state index in [-0.39, 0.29) is 0 Å². The second kappa shape index (κ2) is 8.12. The highest BCUT2D eigenvalue weighted by Gasteiger charge is 2.19. The molecule has 0 rings (SSSR count). The van der Waals surface area contributed by atoms with Gasteiger partial charge in [-0.2, -0.15) is 0 Å². The predicted octanol–water partition coefficient (Wildman–Crippen LogP) is 2.74. The van der Waals surface area contributed by atoms with Gasteiger partial charge < -0.3 is 5.32 Å². The van der Waals surface area contributed by atoms with E-state index in [1.54, 1.807) is 0 Å². The largest absolute Gasteiger partial charge is 0.316 e. The Hall–Kier alpha value is -0.0800. The number of nitrogens with one attached hydrogen (secondary N) is 1. The molecular formula is C13H30N2. The summed E-state index contributed by atoms with van der Waals surface area (Å²) in [7, 11) is 2.05. The van der Waals surface area contributed by atoms with Gasteiger partial charge in [0.1, 0.15) is 0 Å². The molecule has 0 aliphatic carbocycles. The molecule has 2 unspecified atom stereocenters. The summed E-state index contributed by atoms with van der Waals surface area (Å²) in [5.41, 5.74) is 0. The van der Waals surface area contributed by atoms with Gasteiger partial charge in [0.2, 0.25) is 0 Å². The summed E-state index contributed by atoms with van der Waals surface area (Å²) in [6, 6.07) is 1.19. The van der Waals surface area contributed by atoms with E-state index >= 15 is 0 Å². The predicted molar refractivity (Wildman–Crippen MR) is 69.3 cm³/mol. The molecule has 0 aromatic rings. The highest BCUT2D eigenvalue weighted by molar-refractivity contribution is 4.77. The van der Waals surface area contributed by atoms with E-state index in [4.69, 9.17) is 0 Å². The van der Waals surface area contributed by atoms with Crippen LogP contribution in [-0.2, 0) is 0 Å². The Morgan fingerprint density at radius 3 is 1.93 bits per heavy atom. The molecule has 0 aliphatic rings. The lowest BCUT2D eigenvalue weighted by Gasteiger charge is -2.34. The Balaban J connectivity index is 4.21. The van der Waals surface area contributed by atoms with Crippen LogP contribution in [0, 0.1) is 5.92 Å². The molecule has 0 aromatic carbocycles. The Morgan fingerprint density at radius 2 is 1.60 bits per heavy atom. The normalized spacial score (nSPS) is 16.0. The van der Waals surface area contributed by atoms with E-state index in [9.17, 15) is 0 Å². The number of rotatable bonds is 8. The molecule has 15 heavy (non-hydrogen) atoms. The van der Waals surface area contributed by atoms with Crippen molar-refractivity contribution >= 4 is 0 Å². The highest BCUT2D eigenvalue weighted by atomic mass is 15.2. The summed E-state index contributed by atoms with van der Waals surface area (Å²) in [5, 5.41) is 3.35. The van der Waals surface area contributed by atoms with Crippen LogP contribution in [0.3, 0.4) is 0 Å². The smallest absolute Gasteiger partial charge is 0.0218 e. The van der Waals surface area contributed by atoms with Gasteiger partial charge in [0.15, 0.2) is 0 Å². The summed E-state index contributed by atoms with van der Waals surface area (Å²) < 4.78 is 0. The molecule has 0 saturated heterocycles. The first-order chi connectivity index (χ1) is 7.10. The van der Waals surface area contributed by atoms with Crippen LogP contribution < -0.4 is 5.32 Å². The standard InChI is InChI=1S/C13H30N2/c1-7-13(8-2)10-15(9-3)12(5)11(4)14-6/h11-14H,7-10H2,1-6H3. The van der Waals surface area contributed by atoms with Gasteiger partial charge in [0.05, 0.1) is 0 Å². The minimum Gasteiger partial charge on any atom is -0.316 e. The van der Waals surface area contributed by atoms with Crippen molar-refractivity contribution in [2.45, 2.75) is 59.5 Å². The zero-order valence-electron chi connectivity index (χ0n) is 11.5. The Bertz CT molecular complexity index is 143. The van der Waals surface area contributed by atoms with Crippen molar-refractivity contribution < 1.29 is 0 Å². The van der Waals surface area contributed by atoms with Gasteiger partial charge in [-0.3, -0.25) is 4.90 Å². The van der Waals surface area contributed by atoms with Gasteiger partial charge in [-0.25, -0.2) is 0 Å². The van der Waals surface area contributed by atoms with Crippen molar-refractivity contribution in [3.63, 3.8) is 0 Å². The lowest BCUT2D eigenvalue weighted by atomic mass is 10.0. The van der Waals surface area contributed by atoms with Gasteiger partial charge in [-0.05, 0) is 33.4 Å². The maximum absolute atomic E-state index is 3.35. The molecule has 2 heteroatoms. The van der Waals surface area contributed by atoms with Crippen molar-refractivity contribution in [2.75, 3.05) is 20.1 Å². The van der Waals surface area contributed by atoms with Gasteiger partial charge in [0.25, 0.3) is 0 Å². The monoisotopic (exact) mass is 214 g/mol. The molecule has 0 fully saturated rings. The second-order valence-corrected chi connectivity index (χ2v) is 4.59.